The molecule has 1 N–H and O–H groups in total. The summed E-state index contributed by atoms with van der Waals surface area (Å²) in [6, 6.07) is 7.35. The average Bonchev–Trinajstić information content (AvgIpc) is 3.01. The number of hydrogen-bond donors (Lipinski definition) is 1. The summed E-state index contributed by atoms with van der Waals surface area (Å²) >= 11 is 7.64. The largest absolute Gasteiger partial charge is 0.492 e. The number of rotatable bonds is 8. The Hall–Kier alpha value is -1.63. The van der Waals surface area contributed by atoms with E-state index < -0.39 is 0 Å². The van der Waals surface area contributed by atoms with Crippen LogP contribution in [0.3, 0.4) is 0 Å². The number of thiazole rings is 1. The molecule has 152 valence electrons. The Balaban J connectivity index is 1.41. The molecular weight excluding hydrogens is 394 g/mol. The maximum absolute atomic E-state index is 12.2. The van der Waals surface area contributed by atoms with Crippen LogP contribution >= 0.6 is 22.9 Å². The molecule has 28 heavy (non-hydrogen) atoms. The number of aryl methyl sites for hydroxylation is 1. The second-order valence-electron chi connectivity index (χ2n) is 7.42. The molecular formula is C21H28ClN3O2S. The lowest BCUT2D eigenvalue weighted by Crippen LogP contribution is -2.32. The van der Waals surface area contributed by atoms with Crippen molar-refractivity contribution in [3.8, 4) is 5.75 Å². The van der Waals surface area contributed by atoms with Gasteiger partial charge in [0.2, 0.25) is 5.91 Å². The van der Waals surface area contributed by atoms with Gasteiger partial charge < -0.3 is 10.1 Å². The zero-order valence-electron chi connectivity index (χ0n) is 16.5. The number of likely N-dealkylation sites (tertiary alicyclic amines) is 1. The Labute approximate surface area is 176 Å². The molecule has 2 heterocycles. The van der Waals surface area contributed by atoms with E-state index in [9.17, 15) is 4.79 Å². The number of halogens is 1. The van der Waals surface area contributed by atoms with Crippen LogP contribution < -0.4 is 10.1 Å². The molecule has 0 atom stereocenters. The summed E-state index contributed by atoms with van der Waals surface area (Å²) in [6.07, 6.45) is 3.54. The number of nitrogens with zero attached hydrogens (tertiary/aromatic N) is 2. The number of hydrogen-bond acceptors (Lipinski definition) is 5. The molecule has 1 saturated heterocycles. The first kappa shape index (κ1) is 21.1. The zero-order chi connectivity index (χ0) is 19.9. The van der Waals surface area contributed by atoms with E-state index in [-0.39, 0.29) is 5.91 Å². The molecule has 7 heteroatoms. The quantitative estimate of drug-likeness (QED) is 0.600. The average molecular weight is 422 g/mol. The molecule has 0 saturated carbocycles. The molecule has 1 aliphatic heterocycles. The van der Waals surface area contributed by atoms with Gasteiger partial charge in [0.05, 0.1) is 17.3 Å². The number of carbonyl (C=O) groups excluding carboxylic acids is 1. The summed E-state index contributed by atoms with van der Waals surface area (Å²) in [7, 11) is 0. The molecule has 0 radical (unpaired) electrons. The summed E-state index contributed by atoms with van der Waals surface area (Å²) in [5.41, 5.74) is 1.01. The molecule has 1 aromatic carbocycles. The van der Waals surface area contributed by atoms with Crippen molar-refractivity contribution in [1.29, 1.82) is 0 Å². The Morgan fingerprint density at radius 1 is 1.36 bits per heavy atom. The smallest absolute Gasteiger partial charge is 0.226 e. The van der Waals surface area contributed by atoms with Crippen molar-refractivity contribution in [2.75, 3.05) is 25.0 Å². The summed E-state index contributed by atoms with van der Waals surface area (Å²) in [6.45, 7) is 8.01. The van der Waals surface area contributed by atoms with Gasteiger partial charge in [-0.2, -0.15) is 0 Å². The van der Waals surface area contributed by atoms with Crippen LogP contribution in [0, 0.1) is 12.8 Å². The number of aromatic nitrogens is 1. The maximum Gasteiger partial charge on any atom is 0.226 e. The zero-order valence-corrected chi connectivity index (χ0v) is 18.1. The van der Waals surface area contributed by atoms with Gasteiger partial charge in [-0.3, -0.25) is 9.69 Å². The number of carbonyl (C=O) groups is 1. The second kappa shape index (κ2) is 10.2. The number of anilines is 1. The lowest BCUT2D eigenvalue weighted by Gasteiger charge is -2.29. The van der Waals surface area contributed by atoms with Crippen molar-refractivity contribution in [2.45, 2.75) is 46.1 Å². The van der Waals surface area contributed by atoms with Crippen molar-refractivity contribution >= 4 is 34.0 Å². The van der Waals surface area contributed by atoms with E-state index in [4.69, 9.17) is 16.3 Å². The first-order valence-electron chi connectivity index (χ1n) is 9.87. The van der Waals surface area contributed by atoms with E-state index in [2.05, 4.69) is 22.1 Å². The Morgan fingerprint density at radius 2 is 2.11 bits per heavy atom. The van der Waals surface area contributed by atoms with Gasteiger partial charge in [-0.15, -0.1) is 11.3 Å². The van der Waals surface area contributed by atoms with Crippen LogP contribution in [0.25, 0.3) is 0 Å². The molecule has 5 nitrogen and oxygen atoms in total. The molecule has 0 spiro atoms. The third-order valence-corrected chi connectivity index (χ3v) is 6.39. The minimum Gasteiger partial charge on any atom is -0.492 e. The minimum absolute atomic E-state index is 0.0325. The molecule has 1 aromatic heterocycles. The first-order valence-corrected chi connectivity index (χ1v) is 11.1. The normalized spacial score (nSPS) is 15.5. The Bertz CT molecular complexity index is 788. The number of piperidine rings is 1. The predicted octanol–water partition coefficient (Wildman–Crippen LogP) is 5.13. The highest BCUT2D eigenvalue weighted by molar-refractivity contribution is 7.15. The summed E-state index contributed by atoms with van der Waals surface area (Å²) < 4.78 is 5.62. The lowest BCUT2D eigenvalue weighted by molar-refractivity contribution is -0.116. The van der Waals surface area contributed by atoms with Crippen LogP contribution in [0.2, 0.25) is 5.02 Å². The van der Waals surface area contributed by atoms with Gasteiger partial charge in [0, 0.05) is 17.8 Å². The van der Waals surface area contributed by atoms with Crippen molar-refractivity contribution in [1.82, 2.24) is 9.88 Å². The fourth-order valence-corrected chi connectivity index (χ4v) is 4.42. The molecule has 1 aliphatic rings. The summed E-state index contributed by atoms with van der Waals surface area (Å²) in [5, 5.41) is 4.20. The standard InChI is InChI=1S/C21H28ClN3O2S/c1-15-9-11-25(12-10-15)14-19-16(2)23-21(28-19)24-20(26)8-5-13-27-18-7-4-3-6-17(18)22/h3-4,6-7,15H,5,8-14H2,1-2H3,(H,23,24,26). The molecule has 3 rings (SSSR count). The lowest BCUT2D eigenvalue weighted by atomic mass is 9.99. The monoisotopic (exact) mass is 421 g/mol. The highest BCUT2D eigenvalue weighted by Gasteiger charge is 2.18. The van der Waals surface area contributed by atoms with Crippen LogP contribution in [-0.2, 0) is 11.3 Å². The van der Waals surface area contributed by atoms with E-state index in [0.717, 1.165) is 31.2 Å². The van der Waals surface area contributed by atoms with E-state index in [1.54, 1.807) is 17.4 Å². The van der Waals surface area contributed by atoms with Crippen LogP contribution in [0.15, 0.2) is 24.3 Å². The Kier molecular flexibility index (Phi) is 7.71. The third kappa shape index (κ3) is 6.19. The van der Waals surface area contributed by atoms with Gasteiger partial charge in [0.15, 0.2) is 5.13 Å². The molecule has 1 fully saturated rings. The Morgan fingerprint density at radius 3 is 2.86 bits per heavy atom. The number of nitrogens with one attached hydrogen (secondary N) is 1. The highest BCUT2D eigenvalue weighted by Crippen LogP contribution is 2.26. The molecule has 0 bridgehead atoms. The summed E-state index contributed by atoms with van der Waals surface area (Å²) in [4.78, 5) is 20.5. The topological polar surface area (TPSA) is 54.5 Å². The molecule has 0 unspecified atom stereocenters. The minimum atomic E-state index is -0.0325. The van der Waals surface area contributed by atoms with Gasteiger partial charge in [0.1, 0.15) is 5.75 Å². The maximum atomic E-state index is 12.2. The van der Waals surface area contributed by atoms with E-state index in [0.29, 0.717) is 35.4 Å². The number of benzene rings is 1. The van der Waals surface area contributed by atoms with Crippen LogP contribution in [0.5, 0.6) is 5.75 Å². The third-order valence-electron chi connectivity index (χ3n) is 5.02. The van der Waals surface area contributed by atoms with Gasteiger partial charge >= 0.3 is 0 Å². The van der Waals surface area contributed by atoms with E-state index in [1.807, 2.05) is 25.1 Å². The second-order valence-corrected chi connectivity index (χ2v) is 8.91. The SMILES string of the molecule is Cc1nc(NC(=O)CCCOc2ccccc2Cl)sc1CN1CCC(C)CC1. The fourth-order valence-electron chi connectivity index (χ4n) is 3.21. The predicted molar refractivity (Wildman–Crippen MR) is 115 cm³/mol. The van der Waals surface area contributed by atoms with Crippen molar-refractivity contribution in [3.63, 3.8) is 0 Å². The molecule has 2 aromatic rings. The van der Waals surface area contributed by atoms with Gasteiger partial charge in [0.25, 0.3) is 0 Å². The van der Waals surface area contributed by atoms with Crippen LogP contribution in [-0.4, -0.2) is 35.5 Å². The van der Waals surface area contributed by atoms with E-state index >= 15 is 0 Å². The number of para-hydroxylation sites is 1. The fraction of sp³-hybridized carbons (Fsp3) is 0.524. The number of ether oxygens (including phenoxy) is 1. The van der Waals surface area contributed by atoms with Crippen molar-refractivity contribution in [3.05, 3.63) is 39.9 Å². The summed E-state index contributed by atoms with van der Waals surface area (Å²) in [5.74, 6) is 1.45. The van der Waals surface area contributed by atoms with Crippen molar-refractivity contribution < 1.29 is 9.53 Å². The first-order chi connectivity index (χ1) is 13.5. The highest BCUT2D eigenvalue weighted by atomic mass is 35.5. The van der Waals surface area contributed by atoms with Gasteiger partial charge in [-0.05, 0) is 57.3 Å². The van der Waals surface area contributed by atoms with Gasteiger partial charge in [-0.25, -0.2) is 4.98 Å². The van der Waals surface area contributed by atoms with Crippen LogP contribution in [0.4, 0.5) is 5.13 Å². The van der Waals surface area contributed by atoms with E-state index in [1.165, 1.54) is 17.7 Å². The van der Waals surface area contributed by atoms with Gasteiger partial charge in [-0.1, -0.05) is 30.7 Å². The van der Waals surface area contributed by atoms with Crippen LogP contribution in [0.1, 0.15) is 43.2 Å². The number of amides is 1. The van der Waals surface area contributed by atoms with Crippen molar-refractivity contribution in [2.24, 2.45) is 5.92 Å². The molecule has 0 aliphatic carbocycles. The molecule has 1 amide bonds.